The van der Waals surface area contributed by atoms with Gasteiger partial charge in [-0.25, -0.2) is 0 Å². The summed E-state index contributed by atoms with van der Waals surface area (Å²) in [7, 11) is 0. The standard InChI is InChI=1S/C39H78/c1-6-9-12-14-15-16-21-25-30-37-34-33-36(29-23-11-8-3)38(31-26-19-13-10-7-2)39(37)32-27-22-18-17-20-24-28-35(4)5/h35-39H,6-34H2,1-5H3. The van der Waals surface area contributed by atoms with E-state index in [-0.39, 0.29) is 0 Å². The summed E-state index contributed by atoms with van der Waals surface area (Å²) >= 11 is 0. The molecule has 0 aromatic heterocycles. The Kier molecular flexibility index (Phi) is 25.5. The third-order valence-corrected chi connectivity index (χ3v) is 10.5. The van der Waals surface area contributed by atoms with E-state index in [0.717, 1.165) is 29.6 Å². The van der Waals surface area contributed by atoms with Crippen molar-refractivity contribution < 1.29 is 0 Å². The van der Waals surface area contributed by atoms with E-state index in [1.807, 2.05) is 0 Å². The van der Waals surface area contributed by atoms with Gasteiger partial charge in [-0.05, 0) is 55.3 Å². The highest BCUT2D eigenvalue weighted by molar-refractivity contribution is 4.88. The van der Waals surface area contributed by atoms with Gasteiger partial charge in [-0.1, -0.05) is 195 Å². The lowest BCUT2D eigenvalue weighted by Gasteiger charge is -2.44. The molecule has 0 nitrogen and oxygen atoms in total. The maximum Gasteiger partial charge on any atom is -0.0355 e. The minimum atomic E-state index is 0.887. The highest BCUT2D eigenvalue weighted by Gasteiger charge is 2.37. The lowest BCUT2D eigenvalue weighted by Crippen LogP contribution is -2.35. The average molecular weight is 547 g/mol. The number of hydrogen-bond acceptors (Lipinski definition) is 0. The Bertz CT molecular complexity index is 478. The average Bonchev–Trinajstić information content (AvgIpc) is 2.93. The van der Waals surface area contributed by atoms with Crippen LogP contribution in [0.15, 0.2) is 0 Å². The van der Waals surface area contributed by atoms with Crippen LogP contribution in [0.1, 0.15) is 221 Å². The zero-order chi connectivity index (χ0) is 28.4. The summed E-state index contributed by atoms with van der Waals surface area (Å²) in [6, 6.07) is 0. The quantitative estimate of drug-likeness (QED) is 0.0856. The summed E-state index contributed by atoms with van der Waals surface area (Å²) in [5.74, 6) is 5.11. The van der Waals surface area contributed by atoms with Crippen molar-refractivity contribution in [2.45, 2.75) is 221 Å². The Balaban J connectivity index is 2.64. The van der Waals surface area contributed by atoms with Crippen LogP contribution in [0, 0.1) is 29.6 Å². The van der Waals surface area contributed by atoms with Gasteiger partial charge in [-0.3, -0.25) is 0 Å². The number of hydrogen-bond donors (Lipinski definition) is 0. The normalized spacial score (nSPS) is 21.7. The summed E-state index contributed by atoms with van der Waals surface area (Å²) in [6.07, 6.45) is 43.2. The van der Waals surface area contributed by atoms with Gasteiger partial charge in [-0.2, -0.15) is 0 Å². The Hall–Kier alpha value is 0. The van der Waals surface area contributed by atoms with Gasteiger partial charge in [0.1, 0.15) is 0 Å². The van der Waals surface area contributed by atoms with E-state index >= 15 is 0 Å². The fourth-order valence-electron chi connectivity index (χ4n) is 7.99. The second-order valence-electron chi connectivity index (χ2n) is 14.5. The smallest absolute Gasteiger partial charge is 0.0355 e. The van der Waals surface area contributed by atoms with Crippen molar-refractivity contribution in [3.8, 4) is 0 Å². The lowest BCUT2D eigenvalue weighted by atomic mass is 9.61. The fourth-order valence-corrected chi connectivity index (χ4v) is 7.99. The molecule has 1 aliphatic rings. The van der Waals surface area contributed by atoms with Crippen molar-refractivity contribution in [2.75, 3.05) is 0 Å². The zero-order valence-electron chi connectivity index (χ0n) is 28.4. The van der Waals surface area contributed by atoms with Crippen molar-refractivity contribution in [1.29, 1.82) is 0 Å². The van der Waals surface area contributed by atoms with E-state index in [1.54, 1.807) is 38.5 Å². The molecule has 0 aromatic rings. The molecule has 0 spiro atoms. The van der Waals surface area contributed by atoms with E-state index < -0.39 is 0 Å². The second kappa shape index (κ2) is 26.9. The molecule has 0 N–H and O–H groups in total. The van der Waals surface area contributed by atoms with Crippen molar-refractivity contribution in [2.24, 2.45) is 29.6 Å². The van der Waals surface area contributed by atoms with Crippen molar-refractivity contribution >= 4 is 0 Å². The van der Waals surface area contributed by atoms with Crippen LogP contribution in [0.3, 0.4) is 0 Å². The molecule has 0 bridgehead atoms. The molecule has 4 unspecified atom stereocenters. The van der Waals surface area contributed by atoms with Crippen molar-refractivity contribution in [1.82, 2.24) is 0 Å². The van der Waals surface area contributed by atoms with E-state index in [1.165, 1.54) is 148 Å². The molecule has 1 saturated carbocycles. The van der Waals surface area contributed by atoms with Gasteiger partial charge < -0.3 is 0 Å². The molecule has 0 saturated heterocycles. The Labute approximate surface area is 250 Å². The topological polar surface area (TPSA) is 0 Å². The summed E-state index contributed by atoms with van der Waals surface area (Å²) in [5, 5.41) is 0. The van der Waals surface area contributed by atoms with E-state index in [0.29, 0.717) is 0 Å². The lowest BCUT2D eigenvalue weighted by molar-refractivity contribution is 0.0581. The molecule has 0 aliphatic heterocycles. The first-order chi connectivity index (χ1) is 19.1. The SMILES string of the molecule is CCCCCCCCCCC1CCC(CCCCC)C(CCCCCCC)C1CCCCCCCCC(C)C. The fraction of sp³-hybridized carbons (Fsp3) is 1.00. The van der Waals surface area contributed by atoms with Crippen LogP contribution < -0.4 is 0 Å². The molecule has 0 heteroatoms. The Morgan fingerprint density at radius 3 is 1.10 bits per heavy atom. The number of unbranched alkanes of at least 4 members (excludes halogenated alkanes) is 18. The molecule has 0 heterocycles. The first-order valence-corrected chi connectivity index (χ1v) is 19.1. The summed E-state index contributed by atoms with van der Waals surface area (Å²) in [6.45, 7) is 11.8. The Morgan fingerprint density at radius 2 is 0.692 bits per heavy atom. The molecule has 234 valence electrons. The molecule has 1 fully saturated rings. The molecule has 1 aliphatic carbocycles. The van der Waals surface area contributed by atoms with Gasteiger partial charge in [0.05, 0.1) is 0 Å². The van der Waals surface area contributed by atoms with E-state index in [4.69, 9.17) is 0 Å². The summed E-state index contributed by atoms with van der Waals surface area (Å²) in [5.41, 5.74) is 0. The van der Waals surface area contributed by atoms with E-state index in [9.17, 15) is 0 Å². The van der Waals surface area contributed by atoms with Crippen LogP contribution >= 0.6 is 0 Å². The van der Waals surface area contributed by atoms with Crippen LogP contribution in [0.5, 0.6) is 0 Å². The van der Waals surface area contributed by atoms with Gasteiger partial charge in [0.2, 0.25) is 0 Å². The summed E-state index contributed by atoms with van der Waals surface area (Å²) < 4.78 is 0. The van der Waals surface area contributed by atoms with Crippen LogP contribution in [0.2, 0.25) is 0 Å². The molecule has 1 rings (SSSR count). The molecule has 4 atom stereocenters. The summed E-state index contributed by atoms with van der Waals surface area (Å²) in [4.78, 5) is 0. The molecule has 0 radical (unpaired) electrons. The van der Waals surface area contributed by atoms with Gasteiger partial charge in [0, 0.05) is 0 Å². The van der Waals surface area contributed by atoms with Gasteiger partial charge in [-0.15, -0.1) is 0 Å². The minimum absolute atomic E-state index is 0.887. The second-order valence-corrected chi connectivity index (χ2v) is 14.5. The van der Waals surface area contributed by atoms with Gasteiger partial charge in [0.25, 0.3) is 0 Å². The predicted octanol–water partition coefficient (Wildman–Crippen LogP) is 14.5. The van der Waals surface area contributed by atoms with Crippen LogP contribution in [0.4, 0.5) is 0 Å². The van der Waals surface area contributed by atoms with Gasteiger partial charge in [0.15, 0.2) is 0 Å². The monoisotopic (exact) mass is 547 g/mol. The number of rotatable bonds is 28. The zero-order valence-corrected chi connectivity index (χ0v) is 28.4. The van der Waals surface area contributed by atoms with Crippen LogP contribution in [0.25, 0.3) is 0 Å². The highest BCUT2D eigenvalue weighted by atomic mass is 14.4. The van der Waals surface area contributed by atoms with E-state index in [2.05, 4.69) is 34.6 Å². The first-order valence-electron chi connectivity index (χ1n) is 19.1. The largest absolute Gasteiger partial charge is 0.0654 e. The van der Waals surface area contributed by atoms with Crippen LogP contribution in [-0.4, -0.2) is 0 Å². The van der Waals surface area contributed by atoms with Gasteiger partial charge >= 0.3 is 0 Å². The molecule has 0 amide bonds. The third kappa shape index (κ3) is 19.7. The van der Waals surface area contributed by atoms with Crippen molar-refractivity contribution in [3.05, 3.63) is 0 Å². The van der Waals surface area contributed by atoms with Crippen LogP contribution in [-0.2, 0) is 0 Å². The molecule has 0 aromatic carbocycles. The Morgan fingerprint density at radius 1 is 0.385 bits per heavy atom. The highest BCUT2D eigenvalue weighted by Crippen LogP contribution is 2.47. The molecular formula is C39H78. The maximum absolute atomic E-state index is 2.39. The maximum atomic E-state index is 2.39. The minimum Gasteiger partial charge on any atom is -0.0654 e. The van der Waals surface area contributed by atoms with Crippen molar-refractivity contribution in [3.63, 3.8) is 0 Å². The third-order valence-electron chi connectivity index (χ3n) is 10.5. The molecule has 39 heavy (non-hydrogen) atoms. The first kappa shape index (κ1) is 37.0. The molecular weight excluding hydrogens is 468 g/mol. The predicted molar refractivity (Wildman–Crippen MR) is 180 cm³/mol.